The number of phenolic OH excluding ortho intramolecular Hbond substituents is 1. The zero-order valence-corrected chi connectivity index (χ0v) is 39.8. The van der Waals surface area contributed by atoms with Crippen LogP contribution in [0.3, 0.4) is 0 Å². The fraction of sp³-hybridized carbons (Fsp3) is 0.321. The molecule has 6 rings (SSSR count). The van der Waals surface area contributed by atoms with Crippen molar-refractivity contribution in [1.82, 2.24) is 9.97 Å². The van der Waals surface area contributed by atoms with Crippen molar-refractivity contribution in [2.24, 2.45) is 0 Å². The molecule has 0 saturated heterocycles. The number of hydrogen-bond acceptors (Lipinski definition) is 10. The first-order valence-electron chi connectivity index (χ1n) is 21.8. The maximum atomic E-state index is 12.7. The summed E-state index contributed by atoms with van der Waals surface area (Å²) in [6.07, 6.45) is 13.5. The average molecular weight is 939 g/mol. The van der Waals surface area contributed by atoms with Crippen molar-refractivity contribution in [2.75, 3.05) is 0 Å². The Kier molecular flexibility index (Phi) is 20.1. The van der Waals surface area contributed by atoms with Gasteiger partial charge in [0.1, 0.15) is 11.5 Å². The summed E-state index contributed by atoms with van der Waals surface area (Å²) in [5, 5.41) is 9.92. The molecule has 10 nitrogen and oxygen atoms in total. The number of phenols is 1. The van der Waals surface area contributed by atoms with Crippen LogP contribution in [-0.4, -0.2) is 41.3 Å². The second-order valence-electron chi connectivity index (χ2n) is 15.7. The van der Waals surface area contributed by atoms with Gasteiger partial charge < -0.3 is 9.29 Å². The largest absolute Gasteiger partial charge is 0.534 e. The zero-order chi connectivity index (χ0) is 50.0. The molecule has 354 valence electrons. The van der Waals surface area contributed by atoms with Crippen LogP contribution in [0.1, 0.15) is 112 Å². The molecule has 14 heteroatoms. The number of aryl methyl sites for hydroxylation is 4. The van der Waals surface area contributed by atoms with E-state index in [4.69, 9.17) is 19.2 Å². The Morgan fingerprint density at radius 3 is 1.21 bits per heavy atom. The van der Waals surface area contributed by atoms with E-state index in [-0.39, 0.29) is 23.5 Å². The van der Waals surface area contributed by atoms with Gasteiger partial charge in [-0.2, -0.15) is 40.8 Å². The Hall–Kier alpha value is -6.72. The van der Waals surface area contributed by atoms with Crippen molar-refractivity contribution in [3.63, 3.8) is 0 Å². The summed E-state index contributed by atoms with van der Waals surface area (Å²) in [6, 6.07) is 32.1. The minimum atomic E-state index is -5.73. The Bertz CT molecular complexity index is 2710. The molecule has 2 heterocycles. The van der Waals surface area contributed by atoms with Crippen molar-refractivity contribution in [1.29, 1.82) is 0 Å². The number of nitrogens with zero attached hydrogens (tertiary/aromatic N) is 2. The molecule has 1 N–H and O–H groups in total. The highest BCUT2D eigenvalue weighted by atomic mass is 32.2. The van der Waals surface area contributed by atoms with Crippen LogP contribution < -0.4 is 4.18 Å². The fourth-order valence-corrected chi connectivity index (χ4v) is 8.78. The number of aromatic hydroxyl groups is 1. The lowest BCUT2D eigenvalue weighted by molar-refractivity contribution is -0.193. The summed E-state index contributed by atoms with van der Waals surface area (Å²) in [7, 11) is -5.73. The van der Waals surface area contributed by atoms with Crippen LogP contribution in [-0.2, 0) is 53.0 Å². The van der Waals surface area contributed by atoms with E-state index in [1.807, 2.05) is 49.9 Å². The molecule has 0 fully saturated rings. The Labute approximate surface area is 391 Å². The quantitative estimate of drug-likeness (QED) is 0.0823. The highest BCUT2D eigenvalue weighted by Crippen LogP contribution is 2.43. The summed E-state index contributed by atoms with van der Waals surface area (Å²) in [5.74, 6) is 0.0272. The van der Waals surface area contributed by atoms with Gasteiger partial charge in [-0.3, -0.25) is 9.97 Å². The minimum absolute atomic E-state index is 0.0412. The van der Waals surface area contributed by atoms with Gasteiger partial charge in [0.05, 0.1) is 0 Å². The topological polar surface area (TPSA) is 158 Å². The summed E-state index contributed by atoms with van der Waals surface area (Å²) < 4.78 is 65.4. The third-order valence-corrected chi connectivity index (χ3v) is 13.3. The third kappa shape index (κ3) is 13.2. The molecular formula is C53H57F3N2O8S. The first kappa shape index (κ1) is 54.6. The van der Waals surface area contributed by atoms with Crippen LogP contribution >= 0.6 is 0 Å². The molecule has 0 bridgehead atoms. The highest BCUT2D eigenvalue weighted by Gasteiger charge is 2.48. The molecule has 0 aliphatic heterocycles. The molecule has 0 aliphatic rings. The number of halogens is 3. The predicted octanol–water partition coefficient (Wildman–Crippen LogP) is 12.2. The fourth-order valence-electron chi connectivity index (χ4n) is 8.27. The summed E-state index contributed by atoms with van der Waals surface area (Å²) in [5.41, 5.74) is 6.72. The van der Waals surface area contributed by atoms with Gasteiger partial charge in [0.2, 0.25) is 0 Å². The first-order chi connectivity index (χ1) is 31.8. The Morgan fingerprint density at radius 1 is 0.522 bits per heavy atom. The van der Waals surface area contributed by atoms with E-state index >= 15 is 0 Å². The lowest BCUT2D eigenvalue weighted by Gasteiger charge is -2.34. The molecule has 0 unspecified atom stereocenters. The predicted molar refractivity (Wildman–Crippen MR) is 250 cm³/mol. The van der Waals surface area contributed by atoms with E-state index in [0.29, 0.717) is 11.3 Å². The average Bonchev–Trinajstić information content (AvgIpc) is 3.33. The second-order valence-corrected chi connectivity index (χ2v) is 17.3. The van der Waals surface area contributed by atoms with E-state index in [1.165, 1.54) is 40.8 Å². The van der Waals surface area contributed by atoms with Crippen LogP contribution in [0.5, 0.6) is 11.5 Å². The SMILES string of the molecule is CCc1cncc(-c2ccc(C(CC)(CC)c3ccc(O)c(C)c3)cc2)c1.CCc1cncc(-c2ccc(C(CC)(CC)c3ccc(OS(=O)(=O)C(F)(F)F)c(C)c3)cc2)c1.O=C=O.O=C=O. The lowest BCUT2D eigenvalue weighted by Crippen LogP contribution is -2.29. The van der Waals surface area contributed by atoms with Crippen LogP contribution in [0.4, 0.5) is 13.2 Å². The number of carbonyl (C=O) groups excluding carboxylic acids is 4. The van der Waals surface area contributed by atoms with Crippen LogP contribution in [0.25, 0.3) is 22.3 Å². The van der Waals surface area contributed by atoms with Crippen molar-refractivity contribution in [2.45, 2.75) is 110 Å². The van der Waals surface area contributed by atoms with Crippen molar-refractivity contribution in [3.8, 4) is 33.8 Å². The first-order valence-corrected chi connectivity index (χ1v) is 23.2. The van der Waals surface area contributed by atoms with Crippen LogP contribution in [0.15, 0.2) is 122 Å². The van der Waals surface area contributed by atoms with E-state index in [9.17, 15) is 26.7 Å². The van der Waals surface area contributed by atoms with Gasteiger partial charge >= 0.3 is 27.9 Å². The Morgan fingerprint density at radius 2 is 0.881 bits per heavy atom. The number of aromatic nitrogens is 2. The molecular weight excluding hydrogens is 882 g/mol. The second kappa shape index (κ2) is 24.7. The monoisotopic (exact) mass is 938 g/mol. The van der Waals surface area contributed by atoms with Gasteiger partial charge in [0.25, 0.3) is 0 Å². The third-order valence-electron chi connectivity index (χ3n) is 12.3. The maximum absolute atomic E-state index is 12.7. The van der Waals surface area contributed by atoms with E-state index in [0.717, 1.165) is 71.9 Å². The van der Waals surface area contributed by atoms with Gasteiger partial charge in [0, 0.05) is 46.7 Å². The maximum Gasteiger partial charge on any atom is 0.534 e. The highest BCUT2D eigenvalue weighted by molar-refractivity contribution is 7.88. The van der Waals surface area contributed by atoms with Crippen molar-refractivity contribution >= 4 is 22.4 Å². The van der Waals surface area contributed by atoms with Gasteiger partial charge in [-0.25, -0.2) is 0 Å². The van der Waals surface area contributed by atoms with Crippen LogP contribution in [0, 0.1) is 13.8 Å². The minimum Gasteiger partial charge on any atom is -0.508 e. The van der Waals surface area contributed by atoms with E-state index in [2.05, 4.69) is 116 Å². The molecule has 0 radical (unpaired) electrons. The number of pyridine rings is 2. The molecule has 0 amide bonds. The van der Waals surface area contributed by atoms with Crippen molar-refractivity contribution < 1.29 is 50.1 Å². The normalized spacial score (nSPS) is 11.3. The summed E-state index contributed by atoms with van der Waals surface area (Å²) in [4.78, 5) is 41.2. The molecule has 67 heavy (non-hydrogen) atoms. The molecule has 0 spiro atoms. The van der Waals surface area contributed by atoms with Crippen molar-refractivity contribution in [3.05, 3.63) is 166 Å². The molecule has 0 atom stereocenters. The van der Waals surface area contributed by atoms with E-state index in [1.54, 1.807) is 12.1 Å². The standard InChI is InChI=1S/C26H28F3NO3S.C25H29NO.2CO2/c1-5-19-15-21(17-30-16-19)20-8-10-22(11-9-20)25(6-2,7-3)23-12-13-24(18(4)14-23)33-34(31,32)26(27,28)29;1-5-19-15-21(17-26-16-19)20-8-10-22(11-9-20)25(6-2,7-3)23-12-13-24(27)18(4)14-23;2*2-1-3/h8-17H,5-7H2,1-4H3;8-17,27H,5-7H2,1-4H3;;. The summed E-state index contributed by atoms with van der Waals surface area (Å²) >= 11 is 0. The molecule has 0 saturated carbocycles. The lowest BCUT2D eigenvalue weighted by atomic mass is 9.70. The van der Waals surface area contributed by atoms with Crippen LogP contribution in [0.2, 0.25) is 0 Å². The number of rotatable bonds is 14. The zero-order valence-electron chi connectivity index (χ0n) is 39.0. The summed E-state index contributed by atoms with van der Waals surface area (Å²) in [6.45, 7) is 16.3. The van der Waals surface area contributed by atoms with Gasteiger partial charge in [-0.15, -0.1) is 0 Å². The van der Waals surface area contributed by atoms with Gasteiger partial charge in [-0.1, -0.05) is 114 Å². The number of alkyl halides is 3. The smallest absolute Gasteiger partial charge is 0.508 e. The molecule has 0 aliphatic carbocycles. The number of hydrogen-bond donors (Lipinski definition) is 1. The number of benzene rings is 4. The van der Waals surface area contributed by atoms with E-state index < -0.39 is 21.0 Å². The molecule has 6 aromatic rings. The molecule has 2 aromatic heterocycles. The van der Waals surface area contributed by atoms with Gasteiger partial charge in [0.15, 0.2) is 0 Å². The van der Waals surface area contributed by atoms with Gasteiger partial charge in [-0.05, 0) is 132 Å². The molecule has 4 aromatic carbocycles. The Balaban J connectivity index is 0.000000324.